The summed E-state index contributed by atoms with van der Waals surface area (Å²) in [6.07, 6.45) is 4.76. The number of aromatic nitrogens is 1. The molecule has 3 aromatic rings. The Bertz CT molecular complexity index is 1460. The maximum Gasteiger partial charge on any atom is 0.326 e. The van der Waals surface area contributed by atoms with Gasteiger partial charge in [-0.15, -0.1) is 0 Å². The van der Waals surface area contributed by atoms with Crippen molar-refractivity contribution in [2.75, 3.05) is 18.6 Å². The number of benzene rings is 2. The van der Waals surface area contributed by atoms with Crippen LogP contribution in [0.3, 0.4) is 0 Å². The van der Waals surface area contributed by atoms with Crippen molar-refractivity contribution in [2.24, 2.45) is 22.2 Å². The molecule has 0 saturated carbocycles. The van der Waals surface area contributed by atoms with E-state index < -0.39 is 47.9 Å². The van der Waals surface area contributed by atoms with Crippen molar-refractivity contribution in [3.05, 3.63) is 71.9 Å². The number of nitrogens with two attached hydrogens (primary N) is 3. The summed E-state index contributed by atoms with van der Waals surface area (Å²) in [4.78, 5) is 59.4. The Morgan fingerprint density at radius 2 is 1.49 bits per heavy atom. The fourth-order valence-electron chi connectivity index (χ4n) is 4.76. The number of aliphatic carboxylic acids is 1. The summed E-state index contributed by atoms with van der Waals surface area (Å²) < 4.78 is 0. The molecule has 0 bridgehead atoms. The lowest BCUT2D eigenvalue weighted by atomic mass is 10.0. The second kappa shape index (κ2) is 17.7. The van der Waals surface area contributed by atoms with Gasteiger partial charge in [0.05, 0.1) is 6.04 Å². The van der Waals surface area contributed by atoms with Crippen molar-refractivity contribution in [1.82, 2.24) is 20.9 Å². The van der Waals surface area contributed by atoms with E-state index in [4.69, 9.17) is 17.2 Å². The molecule has 0 aliphatic heterocycles. The quantitative estimate of drug-likeness (QED) is 0.0554. The Kier molecular flexibility index (Phi) is 13.7. The molecule has 3 rings (SSSR count). The molecule has 242 valence electrons. The third kappa shape index (κ3) is 11.1. The standard InChI is InChI=1S/C31H42N8O5S/c1-45-15-13-24(30(43)44)37-28(41)25(16-19-8-3-2-4-9-19)39-29(42)26(17-20-18-36-23-12-6-5-10-21(20)23)38-27(40)22(32)11-7-14-35-31(33)34/h2-6,8-10,12,18,22,24-26,36H,7,11,13-17,32H2,1H3,(H,37,41)(H,38,40)(H,39,42)(H,43,44)(H4,33,34,35). The van der Waals surface area contributed by atoms with E-state index in [9.17, 15) is 24.3 Å². The number of fused-ring (bicyclic) bond motifs is 1. The van der Waals surface area contributed by atoms with E-state index in [1.807, 2.05) is 36.6 Å². The molecule has 4 atom stereocenters. The molecule has 2 aromatic carbocycles. The van der Waals surface area contributed by atoms with Gasteiger partial charge < -0.3 is 43.2 Å². The maximum absolute atomic E-state index is 13.9. The molecule has 0 fully saturated rings. The Hall–Kier alpha value is -4.56. The summed E-state index contributed by atoms with van der Waals surface area (Å²) in [7, 11) is 0. The minimum Gasteiger partial charge on any atom is -0.480 e. The molecule has 14 heteroatoms. The number of guanidine groups is 1. The highest BCUT2D eigenvalue weighted by Gasteiger charge is 2.31. The first-order valence-corrected chi connectivity index (χ1v) is 16.0. The summed E-state index contributed by atoms with van der Waals surface area (Å²) >= 11 is 1.46. The average molecular weight is 639 g/mol. The van der Waals surface area contributed by atoms with Gasteiger partial charge in [-0.3, -0.25) is 19.4 Å². The fraction of sp³-hybridized carbons (Fsp3) is 0.387. The number of aromatic amines is 1. The zero-order valence-corrected chi connectivity index (χ0v) is 26.0. The van der Waals surface area contributed by atoms with Crippen LogP contribution in [0.15, 0.2) is 65.8 Å². The average Bonchev–Trinajstić information content (AvgIpc) is 3.43. The summed E-state index contributed by atoms with van der Waals surface area (Å²) in [5.41, 5.74) is 19.2. The van der Waals surface area contributed by atoms with Gasteiger partial charge in [0.1, 0.15) is 18.1 Å². The van der Waals surface area contributed by atoms with Gasteiger partial charge in [-0.05, 0) is 48.5 Å². The summed E-state index contributed by atoms with van der Waals surface area (Å²) in [6, 6.07) is 12.3. The van der Waals surface area contributed by atoms with Gasteiger partial charge in [0.2, 0.25) is 17.7 Å². The molecular formula is C31H42N8O5S. The molecule has 45 heavy (non-hydrogen) atoms. The van der Waals surface area contributed by atoms with Crippen LogP contribution >= 0.6 is 11.8 Å². The van der Waals surface area contributed by atoms with Crippen LogP contribution in [0.25, 0.3) is 10.9 Å². The molecule has 0 aliphatic rings. The van der Waals surface area contributed by atoms with Crippen LogP contribution < -0.4 is 33.2 Å². The van der Waals surface area contributed by atoms with Crippen LogP contribution in [0.1, 0.15) is 30.4 Å². The van der Waals surface area contributed by atoms with Gasteiger partial charge >= 0.3 is 5.97 Å². The predicted molar refractivity (Wildman–Crippen MR) is 176 cm³/mol. The van der Waals surface area contributed by atoms with E-state index in [1.165, 1.54) is 11.8 Å². The lowest BCUT2D eigenvalue weighted by molar-refractivity contribution is -0.142. The van der Waals surface area contributed by atoms with E-state index in [2.05, 4.69) is 25.9 Å². The number of carbonyl (C=O) groups is 4. The SMILES string of the molecule is CSCCC(NC(=O)C(Cc1ccccc1)NC(=O)C(Cc1c[nH]c2ccccc12)NC(=O)C(N)CCCN=C(N)N)C(=O)O. The molecular weight excluding hydrogens is 596 g/mol. The molecule has 3 amide bonds. The van der Waals surface area contributed by atoms with Crippen LogP contribution in [-0.4, -0.2) is 82.5 Å². The Labute approximate surface area is 266 Å². The molecule has 4 unspecified atom stereocenters. The van der Waals surface area contributed by atoms with Crippen molar-refractivity contribution in [1.29, 1.82) is 0 Å². The highest BCUT2D eigenvalue weighted by atomic mass is 32.2. The van der Waals surface area contributed by atoms with Crippen LogP contribution in [0.4, 0.5) is 0 Å². The lowest BCUT2D eigenvalue weighted by Gasteiger charge is -2.25. The number of carbonyl (C=O) groups excluding carboxylic acids is 3. The van der Waals surface area contributed by atoms with Crippen LogP contribution in [0.2, 0.25) is 0 Å². The van der Waals surface area contributed by atoms with E-state index in [0.717, 1.165) is 22.0 Å². The predicted octanol–water partition coefficient (Wildman–Crippen LogP) is 0.626. The number of hydrogen-bond donors (Lipinski definition) is 8. The molecule has 13 nitrogen and oxygen atoms in total. The van der Waals surface area contributed by atoms with E-state index in [0.29, 0.717) is 18.7 Å². The van der Waals surface area contributed by atoms with Crippen LogP contribution in [-0.2, 0) is 32.0 Å². The number of para-hydroxylation sites is 1. The second-order valence-electron chi connectivity index (χ2n) is 10.6. The highest BCUT2D eigenvalue weighted by molar-refractivity contribution is 7.98. The molecule has 1 aromatic heterocycles. The van der Waals surface area contributed by atoms with Gasteiger partial charge in [0, 0.05) is 36.5 Å². The minimum atomic E-state index is -1.17. The number of nitrogens with one attached hydrogen (secondary N) is 4. The zero-order chi connectivity index (χ0) is 32.8. The third-order valence-corrected chi connectivity index (χ3v) is 7.82. The normalized spacial score (nSPS) is 13.6. The number of nitrogens with zero attached hydrogens (tertiary/aromatic N) is 1. The van der Waals surface area contributed by atoms with Gasteiger partial charge in [0.25, 0.3) is 0 Å². The van der Waals surface area contributed by atoms with Crippen molar-refractivity contribution in [2.45, 2.75) is 56.3 Å². The summed E-state index contributed by atoms with van der Waals surface area (Å²) in [6.45, 7) is 0.299. The zero-order valence-electron chi connectivity index (χ0n) is 25.2. The second-order valence-corrected chi connectivity index (χ2v) is 11.6. The number of amides is 3. The number of aliphatic imine (C=N–C) groups is 1. The van der Waals surface area contributed by atoms with Gasteiger partial charge in [-0.25, -0.2) is 4.79 Å². The fourth-order valence-corrected chi connectivity index (χ4v) is 5.23. The summed E-state index contributed by atoms with van der Waals surface area (Å²) in [5, 5.41) is 18.7. The van der Waals surface area contributed by atoms with E-state index >= 15 is 0 Å². The van der Waals surface area contributed by atoms with Crippen molar-refractivity contribution >= 4 is 52.3 Å². The number of carboxylic acid groups (broad SMARTS) is 1. The number of rotatable bonds is 18. The summed E-state index contributed by atoms with van der Waals surface area (Å²) in [5.74, 6) is -2.51. The molecule has 0 radical (unpaired) electrons. The van der Waals surface area contributed by atoms with Gasteiger partial charge in [-0.2, -0.15) is 11.8 Å². The first kappa shape index (κ1) is 34.9. The minimum absolute atomic E-state index is 0.0588. The topological polar surface area (TPSA) is 231 Å². The lowest BCUT2D eigenvalue weighted by Crippen LogP contribution is -2.58. The van der Waals surface area contributed by atoms with Gasteiger partial charge in [-0.1, -0.05) is 48.5 Å². The number of thioether (sulfide) groups is 1. The number of H-pyrrole nitrogens is 1. The highest BCUT2D eigenvalue weighted by Crippen LogP contribution is 2.19. The Morgan fingerprint density at radius 1 is 0.867 bits per heavy atom. The molecule has 0 aliphatic carbocycles. The monoisotopic (exact) mass is 638 g/mol. The van der Waals surface area contributed by atoms with E-state index in [1.54, 1.807) is 30.5 Å². The molecule has 0 saturated heterocycles. The largest absolute Gasteiger partial charge is 0.480 e. The Balaban J connectivity index is 1.85. The van der Waals surface area contributed by atoms with Gasteiger partial charge in [0.15, 0.2) is 5.96 Å². The number of carboxylic acids is 1. The Morgan fingerprint density at radius 3 is 2.16 bits per heavy atom. The maximum atomic E-state index is 13.9. The van der Waals surface area contributed by atoms with Crippen molar-refractivity contribution in [3.63, 3.8) is 0 Å². The van der Waals surface area contributed by atoms with Crippen LogP contribution in [0.5, 0.6) is 0 Å². The number of hydrogen-bond acceptors (Lipinski definition) is 7. The molecule has 1 heterocycles. The third-order valence-electron chi connectivity index (χ3n) is 7.18. The first-order chi connectivity index (χ1) is 21.6. The molecule has 0 spiro atoms. The van der Waals surface area contributed by atoms with Crippen molar-refractivity contribution in [3.8, 4) is 0 Å². The van der Waals surface area contributed by atoms with Crippen molar-refractivity contribution < 1.29 is 24.3 Å². The van der Waals surface area contributed by atoms with Crippen LogP contribution in [0, 0.1) is 0 Å². The first-order valence-electron chi connectivity index (χ1n) is 14.6. The van der Waals surface area contributed by atoms with E-state index in [-0.39, 0.29) is 31.6 Å². The smallest absolute Gasteiger partial charge is 0.326 e. The molecule has 11 N–H and O–H groups in total.